The van der Waals surface area contributed by atoms with Gasteiger partial charge in [0.1, 0.15) is 9.79 Å². The van der Waals surface area contributed by atoms with Gasteiger partial charge in [-0.15, -0.1) is 0 Å². The van der Waals surface area contributed by atoms with Crippen LogP contribution in [0.1, 0.15) is 11.1 Å². The molecule has 0 saturated carbocycles. The van der Waals surface area contributed by atoms with Gasteiger partial charge in [-0.2, -0.15) is 46.7 Å². The summed E-state index contributed by atoms with van der Waals surface area (Å²) in [6.45, 7) is -0.143. The van der Waals surface area contributed by atoms with Gasteiger partial charge >= 0.3 is 0 Å². The van der Waals surface area contributed by atoms with Crippen LogP contribution < -0.4 is 21.3 Å². The molecule has 0 saturated heterocycles. The highest BCUT2D eigenvalue weighted by molar-refractivity contribution is 7.86. The van der Waals surface area contributed by atoms with Crippen molar-refractivity contribution in [3.63, 3.8) is 0 Å². The largest absolute Gasteiger partial charge is 0.395 e. The third-order valence-electron chi connectivity index (χ3n) is 5.54. The molecule has 2 heterocycles. The lowest BCUT2D eigenvalue weighted by Gasteiger charge is -2.11. The third-order valence-corrected chi connectivity index (χ3v) is 7.70. The Hall–Kier alpha value is -4.28. The maximum absolute atomic E-state index is 12.3. The Kier molecular flexibility index (Phi) is 11.2. The van der Waals surface area contributed by atoms with Gasteiger partial charge in [-0.1, -0.05) is 24.3 Å². The molecule has 2 aromatic carbocycles. The minimum absolute atomic E-state index is 0.0406. The molecule has 0 atom stereocenters. The summed E-state index contributed by atoms with van der Waals surface area (Å²) >= 11 is 11.8. The number of hydrogen-bond donors (Lipinski definition) is 8. The van der Waals surface area contributed by atoms with E-state index in [2.05, 4.69) is 51.2 Å². The Morgan fingerprint density at radius 2 is 0.978 bits per heavy atom. The minimum Gasteiger partial charge on any atom is -0.395 e. The molecule has 0 aliphatic rings. The predicted molar refractivity (Wildman–Crippen MR) is 169 cm³/mol. The Morgan fingerprint density at radius 1 is 0.609 bits per heavy atom. The first-order valence-corrected chi connectivity index (χ1v) is 16.4. The predicted octanol–water partition coefficient (Wildman–Crippen LogP) is 2.32. The fourth-order valence-corrected chi connectivity index (χ4v) is 5.43. The van der Waals surface area contributed by atoms with Gasteiger partial charge in [-0.25, -0.2) is 0 Å². The van der Waals surface area contributed by atoms with Crippen molar-refractivity contribution in [2.24, 2.45) is 0 Å². The number of aliphatic hydroxyl groups excluding tert-OH is 2. The molecule has 4 rings (SSSR count). The number of anilines is 6. The van der Waals surface area contributed by atoms with Crippen LogP contribution >= 0.6 is 23.2 Å². The first-order valence-electron chi connectivity index (χ1n) is 12.7. The molecule has 2 aromatic heterocycles. The van der Waals surface area contributed by atoms with E-state index in [1.807, 2.05) is 0 Å². The van der Waals surface area contributed by atoms with E-state index in [0.29, 0.717) is 0 Å². The average Bonchev–Trinajstić information content (AvgIpc) is 2.97. The first-order chi connectivity index (χ1) is 21.7. The number of rotatable bonds is 14. The van der Waals surface area contributed by atoms with Crippen LogP contribution in [0.2, 0.25) is 10.6 Å². The summed E-state index contributed by atoms with van der Waals surface area (Å²) in [5, 5.41) is 28.5. The van der Waals surface area contributed by atoms with E-state index in [0.717, 1.165) is 12.1 Å². The van der Waals surface area contributed by atoms with Gasteiger partial charge in [0.05, 0.1) is 13.2 Å². The standard InChI is InChI=1S/C24H24Cl2N10O8S2/c25-19-31-21(27-7-9-37)35-23(33-19)29-15-5-3-13(17(11-15)45(39,40)41)1-2-14-4-6-16(12-18(14)46(42,43)44)30-24-34-20(26)32-22(36-24)28-8-10-38/h1-6,11-12,37-38H,7-10H2,(H,39,40,41)(H,42,43,44)(H2,27,29,31,33,35)(H2,28,30,32,34,36)/b2-1+. The smallest absolute Gasteiger partial charge is 0.295 e. The summed E-state index contributed by atoms with van der Waals surface area (Å²) in [6, 6.07) is 7.62. The van der Waals surface area contributed by atoms with E-state index in [-0.39, 0.29) is 83.2 Å². The van der Waals surface area contributed by atoms with Crippen LogP contribution in [0.15, 0.2) is 46.2 Å². The maximum Gasteiger partial charge on any atom is 0.295 e. The first kappa shape index (κ1) is 34.6. The molecule has 0 aliphatic carbocycles. The van der Waals surface area contributed by atoms with Gasteiger partial charge in [0.15, 0.2) is 0 Å². The van der Waals surface area contributed by atoms with Crippen molar-refractivity contribution < 1.29 is 36.2 Å². The summed E-state index contributed by atoms with van der Waals surface area (Å²) < 4.78 is 68.9. The summed E-state index contributed by atoms with van der Waals surface area (Å²) in [6.07, 6.45) is 2.43. The van der Waals surface area contributed by atoms with Crippen LogP contribution in [0.4, 0.5) is 35.2 Å². The van der Waals surface area contributed by atoms with E-state index >= 15 is 0 Å². The molecule has 18 nitrogen and oxygen atoms in total. The molecule has 0 unspecified atom stereocenters. The molecular weight excluding hydrogens is 691 g/mol. The molecule has 0 spiro atoms. The molecule has 0 amide bonds. The van der Waals surface area contributed by atoms with Crippen molar-refractivity contribution in [1.82, 2.24) is 29.9 Å². The van der Waals surface area contributed by atoms with Crippen molar-refractivity contribution in [3.05, 3.63) is 58.1 Å². The van der Waals surface area contributed by atoms with Gasteiger partial charge < -0.3 is 31.5 Å². The Balaban J connectivity index is 1.64. The zero-order chi connectivity index (χ0) is 33.5. The highest BCUT2D eigenvalue weighted by Crippen LogP contribution is 2.28. The molecule has 22 heteroatoms. The maximum atomic E-state index is 12.3. The van der Waals surface area contributed by atoms with Crippen molar-refractivity contribution in [3.8, 4) is 0 Å². The van der Waals surface area contributed by atoms with E-state index < -0.39 is 30.0 Å². The van der Waals surface area contributed by atoms with Gasteiger partial charge in [0.25, 0.3) is 20.2 Å². The monoisotopic (exact) mass is 714 g/mol. The van der Waals surface area contributed by atoms with Crippen LogP contribution in [0.5, 0.6) is 0 Å². The molecule has 46 heavy (non-hydrogen) atoms. The van der Waals surface area contributed by atoms with Gasteiger partial charge in [-0.3, -0.25) is 9.11 Å². The van der Waals surface area contributed by atoms with E-state index in [1.54, 1.807) is 0 Å². The molecule has 8 N–H and O–H groups in total. The Bertz CT molecular complexity index is 1840. The van der Waals surface area contributed by atoms with Crippen LogP contribution in [0, 0.1) is 0 Å². The van der Waals surface area contributed by atoms with E-state index in [9.17, 15) is 25.9 Å². The minimum atomic E-state index is -4.81. The Morgan fingerprint density at radius 3 is 1.33 bits per heavy atom. The molecule has 0 radical (unpaired) electrons. The zero-order valence-electron chi connectivity index (χ0n) is 23.1. The number of hydrogen-bond acceptors (Lipinski definition) is 16. The van der Waals surface area contributed by atoms with Crippen molar-refractivity contribution in [2.75, 3.05) is 47.6 Å². The number of nitrogens with one attached hydrogen (secondary N) is 4. The summed E-state index contributed by atoms with van der Waals surface area (Å²) in [7, 11) is -9.62. The van der Waals surface area contributed by atoms with Crippen LogP contribution in [-0.4, -0.2) is 92.4 Å². The van der Waals surface area contributed by atoms with Gasteiger partial charge in [0.2, 0.25) is 34.4 Å². The molecular formula is C24H24Cl2N10O8S2. The zero-order valence-corrected chi connectivity index (χ0v) is 26.3. The fraction of sp³-hybridized carbons (Fsp3) is 0.167. The van der Waals surface area contributed by atoms with Crippen molar-refractivity contribution in [2.45, 2.75) is 9.79 Å². The number of halogens is 2. The van der Waals surface area contributed by atoms with Crippen molar-refractivity contribution >= 4 is 90.8 Å². The third kappa shape index (κ3) is 9.61. The van der Waals surface area contributed by atoms with Crippen LogP contribution in [-0.2, 0) is 20.2 Å². The number of aliphatic hydroxyl groups is 2. The quantitative estimate of drug-likeness (QED) is 0.0687. The van der Waals surface area contributed by atoms with Gasteiger partial charge in [-0.05, 0) is 58.6 Å². The van der Waals surface area contributed by atoms with Gasteiger partial charge in [0, 0.05) is 24.5 Å². The van der Waals surface area contributed by atoms with Crippen LogP contribution in [0.25, 0.3) is 12.2 Å². The molecule has 0 aliphatic heterocycles. The summed E-state index contributed by atoms with van der Waals surface area (Å²) in [5.41, 5.74) is 0.168. The summed E-state index contributed by atoms with van der Waals surface area (Å²) in [4.78, 5) is 22.5. The lowest BCUT2D eigenvalue weighted by molar-refractivity contribution is 0.310. The average molecular weight is 716 g/mol. The molecule has 0 bridgehead atoms. The topological polar surface area (TPSA) is 275 Å². The number of aromatic nitrogens is 6. The Labute approximate surface area is 271 Å². The second-order valence-electron chi connectivity index (χ2n) is 8.84. The lowest BCUT2D eigenvalue weighted by Crippen LogP contribution is -2.11. The normalized spacial score (nSPS) is 11.9. The molecule has 0 fully saturated rings. The van der Waals surface area contributed by atoms with E-state index in [1.165, 1.54) is 36.4 Å². The number of nitrogens with zero attached hydrogens (tertiary/aromatic N) is 6. The van der Waals surface area contributed by atoms with Crippen LogP contribution in [0.3, 0.4) is 0 Å². The second kappa shape index (κ2) is 14.9. The summed E-state index contributed by atoms with van der Waals surface area (Å²) in [5.74, 6) is -0.0695. The highest BCUT2D eigenvalue weighted by atomic mass is 35.5. The SMILES string of the molecule is O=S(=O)(O)c1cc(Nc2nc(Cl)nc(NCCO)n2)ccc1/C=C/c1ccc(Nc2nc(Cl)nc(NCCO)n2)cc1S(=O)(=O)O. The van der Waals surface area contributed by atoms with E-state index in [4.69, 9.17) is 33.4 Å². The second-order valence-corrected chi connectivity index (χ2v) is 12.3. The molecule has 4 aromatic rings. The number of benzene rings is 2. The molecule has 244 valence electrons. The fourth-order valence-electron chi connectivity index (χ4n) is 3.69. The lowest BCUT2D eigenvalue weighted by atomic mass is 10.1. The highest BCUT2D eigenvalue weighted by Gasteiger charge is 2.18. The van der Waals surface area contributed by atoms with Crippen molar-refractivity contribution in [1.29, 1.82) is 0 Å².